The minimum absolute atomic E-state index is 0. The number of guanidine groups is 1. The Hall–Kier alpha value is -1.49. The maximum atomic E-state index is 12.9. The van der Waals surface area contributed by atoms with Gasteiger partial charge in [0.05, 0.1) is 0 Å². The Morgan fingerprint density at radius 3 is 2.46 bits per heavy atom. The van der Waals surface area contributed by atoms with Crippen molar-refractivity contribution in [2.45, 2.75) is 19.1 Å². The van der Waals surface area contributed by atoms with Crippen LogP contribution in [0.5, 0.6) is 0 Å². The summed E-state index contributed by atoms with van der Waals surface area (Å²) < 4.78 is 39.9. The first-order valence-electron chi connectivity index (χ1n) is 7.58. The first kappa shape index (κ1) is 22.6. The van der Waals surface area contributed by atoms with Crippen molar-refractivity contribution in [3.05, 3.63) is 52.3 Å². The third-order valence-corrected chi connectivity index (χ3v) is 3.71. The van der Waals surface area contributed by atoms with Gasteiger partial charge in [0.1, 0.15) is 0 Å². The Kier molecular flexibility index (Phi) is 8.68. The summed E-state index contributed by atoms with van der Waals surface area (Å²) >= 11 is 5.83. The lowest BCUT2D eigenvalue weighted by Crippen LogP contribution is -2.38. The van der Waals surface area contributed by atoms with Gasteiger partial charge in [-0.2, -0.15) is 18.3 Å². The zero-order valence-electron chi connectivity index (χ0n) is 14.3. The van der Waals surface area contributed by atoms with Crippen LogP contribution in [0.2, 0.25) is 5.02 Å². The van der Waals surface area contributed by atoms with E-state index in [9.17, 15) is 13.2 Å². The van der Waals surface area contributed by atoms with Crippen molar-refractivity contribution in [1.29, 1.82) is 0 Å². The van der Waals surface area contributed by atoms with E-state index in [4.69, 9.17) is 11.6 Å². The quantitative estimate of drug-likeness (QED) is 0.374. The molecular formula is C16H20ClF3IN5. The molecule has 0 atom stereocenters. The first-order chi connectivity index (χ1) is 11.8. The predicted molar refractivity (Wildman–Crippen MR) is 107 cm³/mol. The Bertz CT molecular complexity index is 728. The van der Waals surface area contributed by atoms with E-state index in [1.807, 2.05) is 24.3 Å². The van der Waals surface area contributed by atoms with Crippen LogP contribution in [0.25, 0.3) is 0 Å². The van der Waals surface area contributed by atoms with Crippen molar-refractivity contribution < 1.29 is 13.2 Å². The van der Waals surface area contributed by atoms with Crippen molar-refractivity contribution in [3.8, 4) is 0 Å². The van der Waals surface area contributed by atoms with E-state index in [1.54, 1.807) is 7.05 Å². The number of benzene rings is 1. The first-order valence-corrected chi connectivity index (χ1v) is 7.96. The van der Waals surface area contributed by atoms with E-state index in [-0.39, 0.29) is 36.1 Å². The Labute approximate surface area is 172 Å². The third kappa shape index (κ3) is 6.67. The molecule has 0 saturated heterocycles. The van der Waals surface area contributed by atoms with Gasteiger partial charge in [0.2, 0.25) is 0 Å². The molecule has 5 nitrogen and oxygen atoms in total. The normalized spacial score (nSPS) is 11.8. The van der Waals surface area contributed by atoms with Gasteiger partial charge in [-0.1, -0.05) is 23.7 Å². The smallest absolute Gasteiger partial charge is 0.356 e. The summed E-state index contributed by atoms with van der Waals surface area (Å²) in [6, 6.07) is 7.47. The second-order valence-corrected chi connectivity index (χ2v) is 5.84. The molecule has 2 rings (SSSR count). The van der Waals surface area contributed by atoms with Crippen LogP contribution in [0.1, 0.15) is 16.8 Å². The summed E-state index contributed by atoms with van der Waals surface area (Å²) in [6.07, 6.45) is -2.40. The molecule has 0 radical (unpaired) electrons. The number of hydrogen-bond acceptors (Lipinski definition) is 2. The Balaban J connectivity index is 0.00000338. The zero-order valence-corrected chi connectivity index (χ0v) is 17.4. The van der Waals surface area contributed by atoms with Crippen LogP contribution in [-0.2, 0) is 26.2 Å². The van der Waals surface area contributed by atoms with Gasteiger partial charge >= 0.3 is 6.18 Å². The van der Waals surface area contributed by atoms with E-state index < -0.39 is 11.9 Å². The van der Waals surface area contributed by atoms with E-state index in [0.29, 0.717) is 17.5 Å². The highest BCUT2D eigenvalue weighted by atomic mass is 127. The molecule has 10 heteroatoms. The predicted octanol–water partition coefficient (Wildman–Crippen LogP) is 3.62. The molecule has 0 amide bonds. The fourth-order valence-corrected chi connectivity index (χ4v) is 2.41. The van der Waals surface area contributed by atoms with Gasteiger partial charge in [0.15, 0.2) is 11.7 Å². The molecule has 0 bridgehead atoms. The molecule has 26 heavy (non-hydrogen) atoms. The summed E-state index contributed by atoms with van der Waals surface area (Å²) in [6.45, 7) is 0.559. The number of aromatic nitrogens is 2. The number of nitrogens with zero attached hydrogens (tertiary/aromatic N) is 3. The molecular weight excluding hydrogens is 482 g/mol. The Morgan fingerprint density at radius 2 is 1.88 bits per heavy atom. The van der Waals surface area contributed by atoms with Crippen molar-refractivity contribution in [1.82, 2.24) is 20.4 Å². The van der Waals surface area contributed by atoms with Crippen molar-refractivity contribution in [2.75, 3.05) is 13.6 Å². The van der Waals surface area contributed by atoms with Crippen molar-refractivity contribution in [2.24, 2.45) is 12.0 Å². The number of halogens is 5. The van der Waals surface area contributed by atoms with E-state index in [2.05, 4.69) is 20.7 Å². The second-order valence-electron chi connectivity index (χ2n) is 5.40. The summed E-state index contributed by atoms with van der Waals surface area (Å²) in [4.78, 5) is 4.01. The largest absolute Gasteiger partial charge is 0.435 e. The molecule has 0 saturated carbocycles. The number of alkyl halides is 3. The third-order valence-electron chi connectivity index (χ3n) is 3.46. The van der Waals surface area contributed by atoms with E-state index >= 15 is 0 Å². The number of hydrogen-bond donors (Lipinski definition) is 2. The van der Waals surface area contributed by atoms with Gasteiger partial charge in [0.25, 0.3) is 0 Å². The zero-order chi connectivity index (χ0) is 18.4. The van der Waals surface area contributed by atoms with Crippen LogP contribution >= 0.6 is 35.6 Å². The summed E-state index contributed by atoms with van der Waals surface area (Å²) in [5.74, 6) is 0.422. The van der Waals surface area contributed by atoms with Crippen LogP contribution in [0.4, 0.5) is 13.2 Å². The molecule has 0 aliphatic heterocycles. The SMILES string of the molecule is CN=C(NCCc1ccc(Cl)cc1)NCc1cn(C)nc1C(F)(F)F.I. The minimum Gasteiger partial charge on any atom is -0.356 e. The maximum Gasteiger partial charge on any atom is 0.435 e. The molecule has 2 N–H and O–H groups in total. The van der Waals surface area contributed by atoms with E-state index in [0.717, 1.165) is 16.7 Å². The fraction of sp³-hybridized carbons (Fsp3) is 0.375. The summed E-state index contributed by atoms with van der Waals surface area (Å²) in [5.41, 5.74) is 0.272. The van der Waals surface area contributed by atoms with Crippen LogP contribution in [0.15, 0.2) is 35.5 Å². The molecule has 2 aromatic rings. The molecule has 1 aromatic carbocycles. The Morgan fingerprint density at radius 1 is 1.23 bits per heavy atom. The molecule has 1 heterocycles. The minimum atomic E-state index is -4.48. The average Bonchev–Trinajstić information content (AvgIpc) is 2.93. The molecule has 0 aliphatic rings. The fourth-order valence-electron chi connectivity index (χ4n) is 2.28. The van der Waals surface area contributed by atoms with Crippen LogP contribution in [0, 0.1) is 0 Å². The highest BCUT2D eigenvalue weighted by Crippen LogP contribution is 2.30. The van der Waals surface area contributed by atoms with Gasteiger partial charge in [-0.3, -0.25) is 9.67 Å². The van der Waals surface area contributed by atoms with Crippen LogP contribution < -0.4 is 10.6 Å². The maximum absolute atomic E-state index is 12.9. The van der Waals surface area contributed by atoms with E-state index in [1.165, 1.54) is 13.2 Å². The molecule has 0 aliphatic carbocycles. The number of aryl methyl sites for hydroxylation is 1. The highest BCUT2D eigenvalue weighted by Gasteiger charge is 2.36. The van der Waals surface area contributed by atoms with Crippen LogP contribution in [-0.4, -0.2) is 29.3 Å². The molecule has 0 unspecified atom stereocenters. The number of rotatable bonds is 5. The van der Waals surface area contributed by atoms with Gasteiger partial charge in [-0.25, -0.2) is 0 Å². The molecule has 0 fully saturated rings. The van der Waals surface area contributed by atoms with Crippen molar-refractivity contribution >= 4 is 41.5 Å². The van der Waals surface area contributed by atoms with Gasteiger partial charge in [-0.15, -0.1) is 24.0 Å². The lowest BCUT2D eigenvalue weighted by atomic mass is 10.1. The number of nitrogens with one attached hydrogen (secondary N) is 2. The van der Waals surface area contributed by atoms with Gasteiger partial charge < -0.3 is 10.6 Å². The monoisotopic (exact) mass is 501 g/mol. The number of aliphatic imine (C=N–C) groups is 1. The topological polar surface area (TPSA) is 54.2 Å². The lowest BCUT2D eigenvalue weighted by Gasteiger charge is -2.12. The average molecular weight is 502 g/mol. The van der Waals surface area contributed by atoms with Gasteiger partial charge in [0, 0.05) is 44.0 Å². The van der Waals surface area contributed by atoms with Crippen LogP contribution in [0.3, 0.4) is 0 Å². The second kappa shape index (κ2) is 10.0. The summed E-state index contributed by atoms with van der Waals surface area (Å²) in [7, 11) is 3.02. The van der Waals surface area contributed by atoms with Gasteiger partial charge in [-0.05, 0) is 24.1 Å². The molecule has 0 spiro atoms. The summed E-state index contributed by atoms with van der Waals surface area (Å²) in [5, 5.41) is 10.1. The standard InChI is InChI=1S/C16H19ClF3N5.HI/c1-21-15(22-8-7-11-3-5-13(17)6-4-11)23-9-12-10-25(2)24-14(12)16(18,19)20;/h3-6,10H,7-9H2,1-2H3,(H2,21,22,23);1H. The highest BCUT2D eigenvalue weighted by molar-refractivity contribution is 14.0. The molecule has 1 aromatic heterocycles. The lowest BCUT2D eigenvalue weighted by molar-refractivity contribution is -0.142. The van der Waals surface area contributed by atoms with Crippen molar-refractivity contribution in [3.63, 3.8) is 0 Å². The molecule has 144 valence electrons.